The van der Waals surface area contributed by atoms with E-state index in [0.717, 1.165) is 5.56 Å². The highest BCUT2D eigenvalue weighted by Gasteiger charge is 2.38. The maximum Gasteiger partial charge on any atom is 0.405 e. The molecule has 0 spiro atoms. The first-order valence-electron chi connectivity index (χ1n) is 8.90. The highest BCUT2D eigenvalue weighted by molar-refractivity contribution is 5.70. The van der Waals surface area contributed by atoms with E-state index in [0.29, 0.717) is 29.2 Å². The van der Waals surface area contributed by atoms with E-state index in [9.17, 15) is 14.3 Å². The minimum absolute atomic E-state index is 0.0136. The van der Waals surface area contributed by atoms with Crippen molar-refractivity contribution in [3.05, 3.63) is 47.8 Å². The molecule has 0 fully saturated rings. The fraction of sp³-hybridized carbons (Fsp3) is 0.381. The first-order chi connectivity index (χ1) is 12.7. The molecule has 0 saturated heterocycles. The second-order valence-corrected chi connectivity index (χ2v) is 7.72. The lowest BCUT2D eigenvalue weighted by Crippen LogP contribution is -2.43. The van der Waals surface area contributed by atoms with Crippen LogP contribution in [0.15, 0.2) is 36.4 Å². The first-order valence-corrected chi connectivity index (χ1v) is 8.90. The largest absolute Gasteiger partial charge is 0.493 e. The van der Waals surface area contributed by atoms with Crippen LogP contribution in [0.25, 0.3) is 11.1 Å². The Bertz CT molecular complexity index is 863. The molecule has 6 heteroatoms. The van der Waals surface area contributed by atoms with Gasteiger partial charge >= 0.3 is 6.09 Å². The summed E-state index contributed by atoms with van der Waals surface area (Å²) in [5.41, 5.74) is 1.40. The summed E-state index contributed by atoms with van der Waals surface area (Å²) in [4.78, 5) is 11.2. The molecule has 1 heterocycles. The molecule has 2 aromatic carbocycles. The normalized spacial score (nSPS) is 17.8. The summed E-state index contributed by atoms with van der Waals surface area (Å²) in [7, 11) is 0. The predicted octanol–water partition coefficient (Wildman–Crippen LogP) is 5.01. The van der Waals surface area contributed by atoms with Crippen molar-refractivity contribution in [2.45, 2.75) is 39.8 Å². The topological polar surface area (TPSA) is 67.8 Å². The highest BCUT2D eigenvalue weighted by Crippen LogP contribution is 2.44. The number of rotatable bonds is 4. The molecular weight excluding hydrogens is 349 g/mol. The third kappa shape index (κ3) is 3.99. The van der Waals surface area contributed by atoms with E-state index in [1.807, 2.05) is 27.7 Å². The Labute approximate surface area is 158 Å². The number of nitrogens with one attached hydrogen (secondary N) is 1. The van der Waals surface area contributed by atoms with Crippen LogP contribution >= 0.6 is 0 Å². The smallest absolute Gasteiger partial charge is 0.405 e. The minimum atomic E-state index is -1.09. The van der Waals surface area contributed by atoms with Gasteiger partial charge in [0.1, 0.15) is 17.3 Å². The maximum absolute atomic E-state index is 14.4. The van der Waals surface area contributed by atoms with Crippen LogP contribution in [0, 0.1) is 11.2 Å². The lowest BCUT2D eigenvalue weighted by atomic mass is 9.78. The van der Waals surface area contributed by atoms with Crippen molar-refractivity contribution in [2.75, 3.05) is 6.61 Å². The van der Waals surface area contributed by atoms with E-state index in [1.165, 1.54) is 6.07 Å². The Kier molecular flexibility index (Phi) is 5.00. The number of amides is 1. The number of ether oxygens (including phenoxy) is 2. The minimum Gasteiger partial charge on any atom is -0.493 e. The van der Waals surface area contributed by atoms with Gasteiger partial charge in [0.2, 0.25) is 0 Å². The van der Waals surface area contributed by atoms with Crippen LogP contribution in [0.4, 0.5) is 9.18 Å². The van der Waals surface area contributed by atoms with E-state index in [2.05, 4.69) is 5.32 Å². The molecule has 2 aromatic rings. The van der Waals surface area contributed by atoms with Gasteiger partial charge in [-0.2, -0.15) is 0 Å². The summed E-state index contributed by atoms with van der Waals surface area (Å²) >= 11 is 0. The van der Waals surface area contributed by atoms with E-state index >= 15 is 0 Å². The molecule has 144 valence electrons. The zero-order valence-corrected chi connectivity index (χ0v) is 15.9. The van der Waals surface area contributed by atoms with Crippen LogP contribution in [-0.4, -0.2) is 23.9 Å². The molecule has 0 aliphatic carbocycles. The SMILES string of the molecule is CC(C)Oc1ccc(F)c(-c2ccc3c(c2)OCC(C)(C)C3NC(=O)O)c1. The van der Waals surface area contributed by atoms with Crippen LogP contribution in [0.1, 0.15) is 39.3 Å². The van der Waals surface area contributed by atoms with Crippen molar-refractivity contribution in [1.82, 2.24) is 5.32 Å². The van der Waals surface area contributed by atoms with Crippen molar-refractivity contribution >= 4 is 6.09 Å². The molecule has 1 amide bonds. The van der Waals surface area contributed by atoms with Gasteiger partial charge < -0.3 is 19.9 Å². The number of carboxylic acid groups (broad SMARTS) is 1. The Morgan fingerprint density at radius 3 is 2.70 bits per heavy atom. The van der Waals surface area contributed by atoms with Crippen LogP contribution < -0.4 is 14.8 Å². The molecule has 2 N–H and O–H groups in total. The van der Waals surface area contributed by atoms with Gasteiger partial charge in [-0.25, -0.2) is 9.18 Å². The van der Waals surface area contributed by atoms with Crippen LogP contribution in [0.2, 0.25) is 0 Å². The fourth-order valence-corrected chi connectivity index (χ4v) is 3.30. The summed E-state index contributed by atoms with van der Waals surface area (Å²) in [5, 5.41) is 11.8. The Morgan fingerprint density at radius 1 is 1.30 bits per heavy atom. The van der Waals surface area contributed by atoms with Crippen molar-refractivity contribution < 1.29 is 23.8 Å². The molecule has 1 atom stereocenters. The molecule has 0 aromatic heterocycles. The second-order valence-electron chi connectivity index (χ2n) is 7.72. The average Bonchev–Trinajstić information content (AvgIpc) is 2.58. The number of hydrogen-bond acceptors (Lipinski definition) is 3. The van der Waals surface area contributed by atoms with Crippen molar-refractivity contribution in [2.24, 2.45) is 5.41 Å². The van der Waals surface area contributed by atoms with Crippen LogP contribution in [0.5, 0.6) is 11.5 Å². The number of hydrogen-bond donors (Lipinski definition) is 2. The van der Waals surface area contributed by atoms with E-state index in [-0.39, 0.29) is 11.9 Å². The van der Waals surface area contributed by atoms with Gasteiger partial charge in [0.15, 0.2) is 0 Å². The molecule has 1 unspecified atom stereocenters. The lowest BCUT2D eigenvalue weighted by Gasteiger charge is -2.39. The average molecular weight is 373 g/mol. The van der Waals surface area contributed by atoms with Gasteiger partial charge in [-0.05, 0) is 43.7 Å². The summed E-state index contributed by atoms with van der Waals surface area (Å²) in [6, 6.07) is 9.55. The lowest BCUT2D eigenvalue weighted by molar-refractivity contribution is 0.0996. The van der Waals surface area contributed by atoms with E-state index < -0.39 is 17.6 Å². The molecule has 27 heavy (non-hydrogen) atoms. The molecule has 0 saturated carbocycles. The van der Waals surface area contributed by atoms with Crippen molar-refractivity contribution in [1.29, 1.82) is 0 Å². The van der Waals surface area contributed by atoms with E-state index in [4.69, 9.17) is 9.47 Å². The zero-order chi connectivity index (χ0) is 19.8. The number of fused-ring (bicyclic) bond motifs is 1. The summed E-state index contributed by atoms with van der Waals surface area (Å²) in [5.74, 6) is 0.786. The van der Waals surface area contributed by atoms with Gasteiger partial charge in [0.25, 0.3) is 0 Å². The Balaban J connectivity index is 2.01. The third-order valence-electron chi connectivity index (χ3n) is 4.59. The first kappa shape index (κ1) is 19.0. The number of benzene rings is 2. The molecule has 1 aliphatic heterocycles. The molecular formula is C21H24FNO4. The summed E-state index contributed by atoms with van der Waals surface area (Å²) in [6.07, 6.45) is -1.10. The molecule has 1 aliphatic rings. The van der Waals surface area contributed by atoms with Crippen molar-refractivity contribution in [3.63, 3.8) is 0 Å². The second kappa shape index (κ2) is 7.10. The standard InChI is InChI=1S/C21H24FNO4/c1-12(2)27-14-6-8-17(22)16(10-14)13-5-7-15-18(9-13)26-11-21(3,4)19(15)23-20(24)25/h5-10,12,19,23H,11H2,1-4H3,(H,24,25). The van der Waals surface area contributed by atoms with Crippen LogP contribution in [0.3, 0.4) is 0 Å². The highest BCUT2D eigenvalue weighted by atomic mass is 19.1. The van der Waals surface area contributed by atoms with Gasteiger partial charge in [0, 0.05) is 16.5 Å². The van der Waals surface area contributed by atoms with Gasteiger partial charge in [-0.3, -0.25) is 0 Å². The molecule has 3 rings (SSSR count). The third-order valence-corrected chi connectivity index (χ3v) is 4.59. The van der Waals surface area contributed by atoms with Crippen LogP contribution in [-0.2, 0) is 0 Å². The summed E-state index contributed by atoms with van der Waals surface area (Å²) < 4.78 is 25.9. The van der Waals surface area contributed by atoms with E-state index in [1.54, 1.807) is 30.3 Å². The van der Waals surface area contributed by atoms with Gasteiger partial charge in [-0.15, -0.1) is 0 Å². The molecule has 0 radical (unpaired) electrons. The van der Waals surface area contributed by atoms with Crippen molar-refractivity contribution in [3.8, 4) is 22.6 Å². The molecule has 5 nitrogen and oxygen atoms in total. The number of halogens is 1. The Morgan fingerprint density at radius 2 is 2.04 bits per heavy atom. The quantitative estimate of drug-likeness (QED) is 0.791. The summed E-state index contributed by atoms with van der Waals surface area (Å²) in [6.45, 7) is 8.06. The van der Waals surface area contributed by atoms with Gasteiger partial charge in [0.05, 0.1) is 18.8 Å². The number of carbonyl (C=O) groups is 1. The maximum atomic E-state index is 14.4. The fourth-order valence-electron chi connectivity index (χ4n) is 3.30. The zero-order valence-electron chi connectivity index (χ0n) is 15.9. The predicted molar refractivity (Wildman–Crippen MR) is 101 cm³/mol. The Hall–Kier alpha value is -2.76. The monoisotopic (exact) mass is 373 g/mol. The van der Waals surface area contributed by atoms with Gasteiger partial charge in [-0.1, -0.05) is 26.0 Å². The molecule has 0 bridgehead atoms.